The molecule has 0 bridgehead atoms. The molecule has 77 valence electrons. The van der Waals surface area contributed by atoms with Gasteiger partial charge in [0.05, 0.1) is 0 Å². The average molecular weight is 184 g/mol. The van der Waals surface area contributed by atoms with E-state index in [0.717, 1.165) is 25.9 Å². The van der Waals surface area contributed by atoms with Gasteiger partial charge in [-0.05, 0) is 24.7 Å². The zero-order chi connectivity index (χ0) is 10.3. The maximum Gasteiger partial charge on any atom is 0.312 e. The molecule has 0 aliphatic rings. The smallest absolute Gasteiger partial charge is 0.312 e. The van der Waals surface area contributed by atoms with E-state index in [0.29, 0.717) is 11.8 Å². The molecule has 0 saturated carbocycles. The maximum absolute atomic E-state index is 10.5. The summed E-state index contributed by atoms with van der Waals surface area (Å²) >= 11 is 0. The van der Waals surface area contributed by atoms with E-state index >= 15 is 0 Å². The topological polar surface area (TPSA) is 20.3 Å². The first kappa shape index (κ1) is 12.5. The van der Waals surface area contributed by atoms with E-state index in [1.165, 1.54) is 0 Å². The molecule has 0 heterocycles. The fourth-order valence-corrected chi connectivity index (χ4v) is 1.03. The van der Waals surface area contributed by atoms with Crippen LogP contribution >= 0.6 is 0 Å². The van der Waals surface area contributed by atoms with Crippen LogP contribution < -0.4 is 0 Å². The zero-order valence-corrected chi connectivity index (χ0v) is 9.34. The summed E-state index contributed by atoms with van der Waals surface area (Å²) in [6.45, 7) is 10.4. The van der Waals surface area contributed by atoms with Crippen LogP contribution in [0.5, 0.6) is 0 Å². The van der Waals surface area contributed by atoms with Crippen LogP contribution in [0.2, 0.25) is 0 Å². The van der Waals surface area contributed by atoms with Crippen molar-refractivity contribution in [3.8, 4) is 0 Å². The molecule has 0 atom stereocenters. The quantitative estimate of drug-likeness (QED) is 0.556. The number of amides is 1. The minimum Gasteiger partial charge on any atom is -0.334 e. The SMILES string of the molecule is CC(C)CCN([C]=O)CCC(C)C. The third-order valence-electron chi connectivity index (χ3n) is 2.08. The lowest BCUT2D eigenvalue weighted by atomic mass is 10.1. The zero-order valence-electron chi connectivity index (χ0n) is 9.34. The van der Waals surface area contributed by atoms with Crippen molar-refractivity contribution < 1.29 is 4.79 Å². The second-order valence-electron chi connectivity index (χ2n) is 4.44. The predicted octanol–water partition coefficient (Wildman–Crippen LogP) is 2.45. The molecule has 0 spiro atoms. The van der Waals surface area contributed by atoms with Crippen LogP contribution in [-0.2, 0) is 4.79 Å². The van der Waals surface area contributed by atoms with Gasteiger partial charge in [0.15, 0.2) is 0 Å². The van der Waals surface area contributed by atoms with Crippen molar-refractivity contribution in [2.24, 2.45) is 11.8 Å². The van der Waals surface area contributed by atoms with Crippen LogP contribution in [0, 0.1) is 11.8 Å². The molecule has 0 aromatic heterocycles. The molecule has 0 unspecified atom stereocenters. The molecule has 0 aliphatic heterocycles. The Bertz CT molecular complexity index is 120. The van der Waals surface area contributed by atoms with Crippen molar-refractivity contribution in [2.75, 3.05) is 13.1 Å². The first-order valence-corrected chi connectivity index (χ1v) is 5.19. The van der Waals surface area contributed by atoms with E-state index < -0.39 is 0 Å². The number of nitrogens with zero attached hydrogens (tertiary/aromatic N) is 1. The van der Waals surface area contributed by atoms with Crippen LogP contribution in [-0.4, -0.2) is 24.4 Å². The molecule has 0 rings (SSSR count). The summed E-state index contributed by atoms with van der Waals surface area (Å²) < 4.78 is 0. The standard InChI is InChI=1S/C11H22NO/c1-10(2)5-7-12(9-13)8-6-11(3)4/h10-11H,5-8H2,1-4H3. The Balaban J connectivity index is 3.57. The van der Waals surface area contributed by atoms with Crippen LogP contribution in [0.15, 0.2) is 0 Å². The highest BCUT2D eigenvalue weighted by Crippen LogP contribution is 2.04. The third kappa shape index (κ3) is 7.82. The van der Waals surface area contributed by atoms with Crippen LogP contribution in [0.25, 0.3) is 0 Å². The Morgan fingerprint density at radius 2 is 1.38 bits per heavy atom. The Morgan fingerprint density at radius 1 is 1.00 bits per heavy atom. The van der Waals surface area contributed by atoms with E-state index in [-0.39, 0.29) is 0 Å². The summed E-state index contributed by atoms with van der Waals surface area (Å²) in [5.74, 6) is 1.32. The number of carbonyl (C=O) groups excluding carboxylic acids is 1. The molecule has 0 fully saturated rings. The van der Waals surface area contributed by atoms with Crippen molar-refractivity contribution in [3.05, 3.63) is 0 Å². The van der Waals surface area contributed by atoms with Crippen molar-refractivity contribution in [1.82, 2.24) is 4.90 Å². The fraction of sp³-hybridized carbons (Fsp3) is 0.909. The molecule has 2 nitrogen and oxygen atoms in total. The number of rotatable bonds is 7. The predicted molar refractivity (Wildman–Crippen MR) is 56.2 cm³/mol. The van der Waals surface area contributed by atoms with E-state index in [4.69, 9.17) is 0 Å². The summed E-state index contributed by atoms with van der Waals surface area (Å²) in [6.07, 6.45) is 4.15. The Labute approximate surface area is 82.3 Å². The van der Waals surface area contributed by atoms with E-state index in [1.54, 1.807) is 4.90 Å². The molecule has 0 saturated heterocycles. The van der Waals surface area contributed by atoms with Crippen LogP contribution in [0.1, 0.15) is 40.5 Å². The Hall–Kier alpha value is -0.530. The maximum atomic E-state index is 10.5. The van der Waals surface area contributed by atoms with E-state index in [9.17, 15) is 4.79 Å². The van der Waals surface area contributed by atoms with Gasteiger partial charge in [0.2, 0.25) is 0 Å². The molecule has 2 heteroatoms. The van der Waals surface area contributed by atoms with Crippen molar-refractivity contribution >= 4 is 6.41 Å². The van der Waals surface area contributed by atoms with Crippen molar-refractivity contribution in [3.63, 3.8) is 0 Å². The second-order valence-corrected chi connectivity index (χ2v) is 4.44. The largest absolute Gasteiger partial charge is 0.334 e. The number of hydrogen-bond acceptors (Lipinski definition) is 1. The molecule has 0 N–H and O–H groups in total. The van der Waals surface area contributed by atoms with Crippen LogP contribution in [0.3, 0.4) is 0 Å². The van der Waals surface area contributed by atoms with Gasteiger partial charge in [-0.1, -0.05) is 27.7 Å². The first-order valence-electron chi connectivity index (χ1n) is 5.19. The van der Waals surface area contributed by atoms with Gasteiger partial charge < -0.3 is 4.90 Å². The van der Waals surface area contributed by atoms with Gasteiger partial charge in [-0.3, -0.25) is 4.79 Å². The van der Waals surface area contributed by atoms with Gasteiger partial charge in [0.1, 0.15) is 0 Å². The summed E-state index contributed by atoms with van der Waals surface area (Å²) in [7, 11) is 0. The molecule has 13 heavy (non-hydrogen) atoms. The highest BCUT2D eigenvalue weighted by Gasteiger charge is 2.04. The molecule has 0 aromatic rings. The van der Waals surface area contributed by atoms with E-state index in [2.05, 4.69) is 27.7 Å². The average Bonchev–Trinajstić information content (AvgIpc) is 2.04. The lowest BCUT2D eigenvalue weighted by molar-refractivity contribution is 0.333. The summed E-state index contributed by atoms with van der Waals surface area (Å²) in [5, 5.41) is 0. The van der Waals surface area contributed by atoms with Gasteiger partial charge in [-0.25, -0.2) is 0 Å². The molecular weight excluding hydrogens is 162 g/mol. The first-order chi connectivity index (χ1) is 6.06. The van der Waals surface area contributed by atoms with Gasteiger partial charge in [0, 0.05) is 13.1 Å². The monoisotopic (exact) mass is 184 g/mol. The van der Waals surface area contributed by atoms with Crippen molar-refractivity contribution in [1.29, 1.82) is 0 Å². The van der Waals surface area contributed by atoms with Gasteiger partial charge >= 0.3 is 6.41 Å². The third-order valence-corrected chi connectivity index (χ3v) is 2.08. The molecule has 0 aromatic carbocycles. The fourth-order valence-electron chi connectivity index (χ4n) is 1.03. The highest BCUT2D eigenvalue weighted by molar-refractivity contribution is 5.47. The van der Waals surface area contributed by atoms with Gasteiger partial charge in [-0.2, -0.15) is 0 Å². The molecular formula is C11H22NO. The summed E-state index contributed by atoms with van der Waals surface area (Å²) in [5.41, 5.74) is 0. The lowest BCUT2D eigenvalue weighted by Crippen LogP contribution is -2.26. The number of hydrogen-bond donors (Lipinski definition) is 0. The summed E-state index contributed by atoms with van der Waals surface area (Å²) in [4.78, 5) is 12.3. The highest BCUT2D eigenvalue weighted by atomic mass is 16.1. The van der Waals surface area contributed by atoms with E-state index in [1.807, 2.05) is 6.41 Å². The normalized spacial score (nSPS) is 10.9. The van der Waals surface area contributed by atoms with Crippen molar-refractivity contribution in [2.45, 2.75) is 40.5 Å². The van der Waals surface area contributed by atoms with Gasteiger partial charge in [-0.15, -0.1) is 0 Å². The minimum absolute atomic E-state index is 0.662. The Kier molecular flexibility index (Phi) is 6.65. The van der Waals surface area contributed by atoms with Crippen LogP contribution in [0.4, 0.5) is 0 Å². The molecule has 1 amide bonds. The van der Waals surface area contributed by atoms with Gasteiger partial charge in [0.25, 0.3) is 0 Å². The Morgan fingerprint density at radius 3 is 1.62 bits per heavy atom. The minimum atomic E-state index is 0.662. The lowest BCUT2D eigenvalue weighted by Gasteiger charge is -2.18. The summed E-state index contributed by atoms with van der Waals surface area (Å²) in [6, 6.07) is 0. The second kappa shape index (κ2) is 6.93. The molecule has 0 aliphatic carbocycles. The molecule has 1 radical (unpaired) electrons.